The van der Waals surface area contributed by atoms with E-state index in [0.29, 0.717) is 32.6 Å². The highest BCUT2D eigenvalue weighted by atomic mass is 35.5. The number of fused-ring (bicyclic) bond motifs is 1. The lowest BCUT2D eigenvalue weighted by atomic mass is 10.2. The molecule has 0 atom stereocenters. The van der Waals surface area contributed by atoms with Gasteiger partial charge in [0, 0.05) is 0 Å². The van der Waals surface area contributed by atoms with Gasteiger partial charge < -0.3 is 5.32 Å². The lowest BCUT2D eigenvalue weighted by Crippen LogP contribution is -1.97. The zero-order valence-corrected chi connectivity index (χ0v) is 12.0. The summed E-state index contributed by atoms with van der Waals surface area (Å²) in [5, 5.41) is 12.5. The minimum Gasteiger partial charge on any atom is -0.336 e. The number of aromatic nitrogens is 4. The van der Waals surface area contributed by atoms with Crippen molar-refractivity contribution in [1.29, 1.82) is 5.26 Å². The first-order valence-corrected chi connectivity index (χ1v) is 6.77. The number of nitriles is 1. The Morgan fingerprint density at radius 3 is 2.60 bits per heavy atom. The van der Waals surface area contributed by atoms with Crippen LogP contribution in [0, 0.1) is 11.3 Å². The highest BCUT2D eigenvalue weighted by Gasteiger charge is 2.14. The second-order valence-electron chi connectivity index (χ2n) is 3.70. The Hall–Kier alpha value is -2.01. The zero-order chi connectivity index (χ0) is 14.1. The molecule has 6 nitrogen and oxygen atoms in total. The lowest BCUT2D eigenvalue weighted by molar-refractivity contribution is 1.16. The van der Waals surface area contributed by atoms with Crippen molar-refractivity contribution in [2.75, 3.05) is 5.32 Å². The van der Waals surface area contributed by atoms with E-state index in [1.165, 1.54) is 12.4 Å². The van der Waals surface area contributed by atoms with Crippen LogP contribution in [0.2, 0.25) is 10.0 Å². The predicted molar refractivity (Wildman–Crippen MR) is 77.5 cm³/mol. The average molecular weight is 323 g/mol. The molecule has 1 N–H and O–H groups in total. The summed E-state index contributed by atoms with van der Waals surface area (Å²) < 4.78 is 8.28. The largest absolute Gasteiger partial charge is 0.336 e. The van der Waals surface area contributed by atoms with Crippen molar-refractivity contribution in [3.05, 3.63) is 34.2 Å². The number of hydrogen-bond acceptors (Lipinski definition) is 7. The van der Waals surface area contributed by atoms with Crippen LogP contribution >= 0.6 is 34.9 Å². The standard InChI is InChI=1S/C11H4Cl2N6S/c12-6-1-7(13)10-11(19-20-18-10)9(6)17-8-4-15-5(2-14)3-16-8/h1,3-4H,(H,16,17). The fraction of sp³-hybridized carbons (Fsp3) is 0. The van der Waals surface area contributed by atoms with Crippen LogP contribution < -0.4 is 5.32 Å². The lowest BCUT2D eigenvalue weighted by Gasteiger charge is -2.08. The van der Waals surface area contributed by atoms with Crippen LogP contribution in [0.5, 0.6) is 0 Å². The van der Waals surface area contributed by atoms with Crippen LogP contribution in [0.1, 0.15) is 5.69 Å². The van der Waals surface area contributed by atoms with Gasteiger partial charge in [-0.3, -0.25) is 0 Å². The summed E-state index contributed by atoms with van der Waals surface area (Å²) in [4.78, 5) is 7.99. The summed E-state index contributed by atoms with van der Waals surface area (Å²) in [6.07, 6.45) is 2.80. The van der Waals surface area contributed by atoms with E-state index in [1.54, 1.807) is 6.07 Å². The number of hydrogen-bond donors (Lipinski definition) is 1. The third-order valence-electron chi connectivity index (χ3n) is 2.46. The highest BCUT2D eigenvalue weighted by Crippen LogP contribution is 2.36. The highest BCUT2D eigenvalue weighted by molar-refractivity contribution is 7.00. The van der Waals surface area contributed by atoms with Gasteiger partial charge in [0.2, 0.25) is 0 Å². The molecule has 2 heterocycles. The molecule has 0 fully saturated rings. The van der Waals surface area contributed by atoms with Crippen molar-refractivity contribution in [2.45, 2.75) is 0 Å². The summed E-state index contributed by atoms with van der Waals surface area (Å²) in [7, 11) is 0. The quantitative estimate of drug-likeness (QED) is 0.777. The molecule has 0 bridgehead atoms. The Kier molecular flexibility index (Phi) is 3.36. The van der Waals surface area contributed by atoms with Gasteiger partial charge in [-0.15, -0.1) is 0 Å². The maximum atomic E-state index is 8.68. The first-order chi connectivity index (χ1) is 9.69. The average Bonchev–Trinajstić information content (AvgIpc) is 2.94. The number of rotatable bonds is 2. The molecule has 20 heavy (non-hydrogen) atoms. The molecule has 0 unspecified atom stereocenters. The van der Waals surface area contributed by atoms with Gasteiger partial charge in [-0.2, -0.15) is 14.0 Å². The summed E-state index contributed by atoms with van der Waals surface area (Å²) in [6, 6.07) is 3.49. The van der Waals surface area contributed by atoms with E-state index in [0.717, 1.165) is 11.7 Å². The van der Waals surface area contributed by atoms with Crippen molar-refractivity contribution in [3.63, 3.8) is 0 Å². The van der Waals surface area contributed by atoms with E-state index in [1.807, 2.05) is 6.07 Å². The van der Waals surface area contributed by atoms with Gasteiger partial charge in [0.15, 0.2) is 5.69 Å². The molecular formula is C11H4Cl2N6S. The summed E-state index contributed by atoms with van der Waals surface area (Å²) in [5.41, 5.74) is 1.93. The van der Waals surface area contributed by atoms with Crippen LogP contribution in [0.25, 0.3) is 11.0 Å². The number of anilines is 2. The van der Waals surface area contributed by atoms with Crippen LogP contribution in [0.15, 0.2) is 18.5 Å². The third kappa shape index (κ3) is 2.25. The Balaban J connectivity index is 2.06. The van der Waals surface area contributed by atoms with Gasteiger partial charge in [0.1, 0.15) is 22.9 Å². The van der Waals surface area contributed by atoms with Crippen molar-refractivity contribution >= 4 is 57.5 Å². The molecule has 0 amide bonds. The second kappa shape index (κ2) is 5.17. The molecule has 3 rings (SSSR count). The van der Waals surface area contributed by atoms with E-state index < -0.39 is 0 Å². The van der Waals surface area contributed by atoms with Crippen LogP contribution in [-0.2, 0) is 0 Å². The predicted octanol–water partition coefficient (Wildman–Crippen LogP) is 3.40. The summed E-state index contributed by atoms with van der Waals surface area (Å²) in [6.45, 7) is 0. The van der Waals surface area contributed by atoms with Crippen molar-refractivity contribution in [1.82, 2.24) is 18.7 Å². The van der Waals surface area contributed by atoms with Crippen LogP contribution in [0.4, 0.5) is 11.5 Å². The van der Waals surface area contributed by atoms with E-state index in [2.05, 4.69) is 24.0 Å². The normalized spacial score (nSPS) is 10.4. The Bertz CT molecular complexity index is 823. The van der Waals surface area contributed by atoms with Gasteiger partial charge in [-0.1, -0.05) is 23.2 Å². The van der Waals surface area contributed by atoms with Crippen molar-refractivity contribution in [2.24, 2.45) is 0 Å². The number of nitrogens with zero attached hydrogens (tertiary/aromatic N) is 5. The first-order valence-electron chi connectivity index (χ1n) is 5.28. The monoisotopic (exact) mass is 322 g/mol. The zero-order valence-electron chi connectivity index (χ0n) is 9.63. The van der Waals surface area contributed by atoms with Gasteiger partial charge >= 0.3 is 0 Å². The fourth-order valence-corrected chi connectivity index (χ4v) is 2.73. The van der Waals surface area contributed by atoms with Crippen LogP contribution in [0.3, 0.4) is 0 Å². The summed E-state index contributed by atoms with van der Waals surface area (Å²) in [5.74, 6) is 0.447. The summed E-state index contributed by atoms with van der Waals surface area (Å²) >= 11 is 13.3. The minimum atomic E-state index is 0.234. The molecular weight excluding hydrogens is 319 g/mol. The Labute approximate surface area is 127 Å². The van der Waals surface area contributed by atoms with Crippen molar-refractivity contribution < 1.29 is 0 Å². The maximum absolute atomic E-state index is 8.68. The molecule has 0 spiro atoms. The number of benzene rings is 1. The van der Waals surface area contributed by atoms with E-state index in [9.17, 15) is 0 Å². The van der Waals surface area contributed by atoms with Gasteiger partial charge in [0.05, 0.1) is 39.9 Å². The molecule has 3 aromatic rings. The van der Waals surface area contributed by atoms with E-state index in [4.69, 9.17) is 28.5 Å². The molecule has 0 saturated carbocycles. The number of halogens is 2. The molecule has 0 aliphatic carbocycles. The molecule has 2 aromatic heterocycles. The van der Waals surface area contributed by atoms with E-state index in [-0.39, 0.29) is 5.69 Å². The molecule has 0 aliphatic heterocycles. The maximum Gasteiger partial charge on any atom is 0.158 e. The molecule has 9 heteroatoms. The van der Waals surface area contributed by atoms with Gasteiger partial charge in [-0.05, 0) is 6.07 Å². The number of nitrogens with one attached hydrogen (secondary N) is 1. The molecule has 0 saturated heterocycles. The minimum absolute atomic E-state index is 0.234. The first kappa shape index (κ1) is 13.0. The van der Waals surface area contributed by atoms with Crippen molar-refractivity contribution in [3.8, 4) is 6.07 Å². The second-order valence-corrected chi connectivity index (χ2v) is 5.04. The topological polar surface area (TPSA) is 87.4 Å². The van der Waals surface area contributed by atoms with Gasteiger partial charge in [0.25, 0.3) is 0 Å². The molecule has 0 aliphatic rings. The van der Waals surface area contributed by atoms with Crippen LogP contribution in [-0.4, -0.2) is 18.7 Å². The third-order valence-corrected chi connectivity index (χ3v) is 3.58. The molecule has 0 radical (unpaired) electrons. The molecule has 98 valence electrons. The smallest absolute Gasteiger partial charge is 0.158 e. The van der Waals surface area contributed by atoms with E-state index >= 15 is 0 Å². The molecule has 1 aromatic carbocycles. The Morgan fingerprint density at radius 1 is 1.10 bits per heavy atom. The SMILES string of the molecule is N#Cc1cnc(Nc2c(Cl)cc(Cl)c3nsnc23)cn1. The Morgan fingerprint density at radius 2 is 1.90 bits per heavy atom. The fourth-order valence-electron chi connectivity index (χ4n) is 1.57. The van der Waals surface area contributed by atoms with Gasteiger partial charge in [-0.25, -0.2) is 9.97 Å².